The first-order valence-electron chi connectivity index (χ1n) is 16.4. The largest absolute Gasteiger partial charge is 0.313 e. The average molecular weight is 482 g/mol. The van der Waals surface area contributed by atoms with Gasteiger partial charge in [0.25, 0.3) is 0 Å². The third-order valence-electron chi connectivity index (χ3n) is 7.00. The van der Waals surface area contributed by atoms with Crippen LogP contribution in [0.4, 0.5) is 0 Å². The quantitative estimate of drug-likeness (QED) is 0.220. The molecule has 0 bridgehead atoms. The molecule has 0 atom stereocenters. The second-order valence-corrected chi connectivity index (χ2v) is 9.02. The van der Waals surface area contributed by atoms with E-state index in [1.165, 1.54) is 0 Å². The minimum atomic E-state index is -0.411. The van der Waals surface area contributed by atoms with E-state index >= 15 is 0 Å². The van der Waals surface area contributed by atoms with E-state index in [0.717, 1.165) is 28.7 Å². The van der Waals surface area contributed by atoms with Crippen LogP contribution in [-0.2, 0) is 6.42 Å². The highest BCUT2D eigenvalue weighted by Crippen LogP contribution is 2.45. The fraction of sp³-hybridized carbons (Fsp3) is 0.0556. The van der Waals surface area contributed by atoms with Gasteiger partial charge in [-0.2, -0.15) is 0 Å². The van der Waals surface area contributed by atoms with E-state index in [1.807, 2.05) is 54.6 Å². The van der Waals surface area contributed by atoms with Crippen LogP contribution < -0.4 is 0 Å². The molecule has 0 saturated carbocycles. The van der Waals surface area contributed by atoms with Crippen molar-refractivity contribution in [1.82, 2.24) is 4.57 Å². The fourth-order valence-corrected chi connectivity index (χ4v) is 5.42. The predicted molar refractivity (Wildman–Crippen MR) is 159 cm³/mol. The highest BCUT2D eigenvalue weighted by molar-refractivity contribution is 6.22. The lowest BCUT2D eigenvalue weighted by atomic mass is 9.85. The zero-order chi connectivity index (χ0) is 31.7. The molecule has 0 aliphatic rings. The first-order chi connectivity index (χ1) is 21.7. The Morgan fingerprint density at radius 3 is 1.86 bits per heavy atom. The first-order valence-corrected chi connectivity index (χ1v) is 12.4. The molecule has 1 aromatic heterocycles. The molecule has 1 nitrogen and oxygen atoms in total. The van der Waals surface area contributed by atoms with Gasteiger partial charge in [-0.05, 0) is 62.9 Å². The molecule has 0 aliphatic carbocycles. The van der Waals surface area contributed by atoms with Gasteiger partial charge in [-0.3, -0.25) is 0 Å². The molecule has 0 radical (unpaired) electrons. The molecule has 1 heteroatoms. The standard InChI is InChI=1S/C36H27N/c1-2-27-24-26-16-6-12-22-33(26)37(27)34-23-13-11-21-32(34)36-30-19-9-7-17-28(30)35(25-14-4-3-5-15-25)29-18-8-10-20-31(29)36/h3-24H,2H2,1H3/i7D,8D,9D,10D,17D,18D,19D,20D. The topological polar surface area (TPSA) is 4.93 Å². The molecule has 0 unspecified atom stereocenters. The van der Waals surface area contributed by atoms with Gasteiger partial charge in [0.1, 0.15) is 0 Å². The van der Waals surface area contributed by atoms with Crippen molar-refractivity contribution in [3.8, 4) is 27.9 Å². The van der Waals surface area contributed by atoms with Gasteiger partial charge in [0.2, 0.25) is 0 Å². The predicted octanol–water partition coefficient (Wildman–Crippen LogP) is 9.83. The van der Waals surface area contributed by atoms with Crippen molar-refractivity contribution in [1.29, 1.82) is 0 Å². The van der Waals surface area contributed by atoms with E-state index in [2.05, 4.69) is 17.6 Å². The average Bonchev–Trinajstić information content (AvgIpc) is 3.45. The molecule has 37 heavy (non-hydrogen) atoms. The SMILES string of the molecule is [2H]c1c([2H])c([2H])c2c(-c3ccccc3-n3c(CC)cc4ccccc43)c3c([2H])c([2H])c([2H])c([2H])c3c(-c3ccccc3)c2c1[2H]. The van der Waals surface area contributed by atoms with Gasteiger partial charge in [0, 0.05) is 16.6 Å². The number of para-hydroxylation sites is 2. The lowest BCUT2D eigenvalue weighted by Gasteiger charge is -2.21. The van der Waals surface area contributed by atoms with Crippen molar-refractivity contribution >= 4 is 32.4 Å². The third-order valence-corrected chi connectivity index (χ3v) is 7.00. The Balaban J connectivity index is 1.81. The molecule has 0 amide bonds. The highest BCUT2D eigenvalue weighted by atomic mass is 15.0. The van der Waals surface area contributed by atoms with E-state index in [-0.39, 0.29) is 45.7 Å². The number of fused-ring (bicyclic) bond motifs is 3. The summed E-state index contributed by atoms with van der Waals surface area (Å²) in [6.45, 7) is 2.07. The number of hydrogen-bond acceptors (Lipinski definition) is 0. The maximum Gasteiger partial charge on any atom is 0.0629 e. The Morgan fingerprint density at radius 2 is 1.19 bits per heavy atom. The van der Waals surface area contributed by atoms with Crippen molar-refractivity contribution in [2.75, 3.05) is 0 Å². The molecule has 7 rings (SSSR count). The Kier molecular flexibility index (Phi) is 3.52. The molecule has 1 heterocycles. The van der Waals surface area contributed by atoms with Crippen LogP contribution in [0.5, 0.6) is 0 Å². The molecular formula is C36H27N. The van der Waals surface area contributed by atoms with E-state index in [9.17, 15) is 2.74 Å². The fourth-order valence-electron chi connectivity index (χ4n) is 5.42. The molecule has 0 spiro atoms. The van der Waals surface area contributed by atoms with Crippen LogP contribution in [0.1, 0.15) is 23.6 Å². The van der Waals surface area contributed by atoms with Crippen molar-refractivity contribution in [3.05, 3.63) is 139 Å². The van der Waals surface area contributed by atoms with Crippen molar-refractivity contribution in [3.63, 3.8) is 0 Å². The molecule has 176 valence electrons. The van der Waals surface area contributed by atoms with Gasteiger partial charge in [0.15, 0.2) is 0 Å². The lowest BCUT2D eigenvalue weighted by Crippen LogP contribution is -2.02. The minimum Gasteiger partial charge on any atom is -0.313 e. The van der Waals surface area contributed by atoms with Crippen molar-refractivity contribution in [2.45, 2.75) is 13.3 Å². The van der Waals surface area contributed by atoms with Crippen LogP contribution >= 0.6 is 0 Å². The van der Waals surface area contributed by atoms with Crippen LogP contribution in [0, 0.1) is 0 Å². The summed E-state index contributed by atoms with van der Waals surface area (Å²) in [5.41, 5.74) is 4.61. The monoisotopic (exact) mass is 481 g/mol. The van der Waals surface area contributed by atoms with Crippen LogP contribution in [0.25, 0.3) is 60.4 Å². The molecule has 7 aromatic rings. The molecule has 6 aromatic carbocycles. The summed E-state index contributed by atoms with van der Waals surface area (Å²) in [6.07, 6.45) is 0.719. The van der Waals surface area contributed by atoms with Gasteiger partial charge >= 0.3 is 0 Å². The summed E-state index contributed by atoms with van der Waals surface area (Å²) in [7, 11) is 0. The summed E-state index contributed by atoms with van der Waals surface area (Å²) in [5, 5.41) is 1.88. The number of nitrogens with zero attached hydrogens (tertiary/aromatic N) is 1. The second kappa shape index (κ2) is 8.80. The number of aryl methyl sites for hydroxylation is 1. The first kappa shape index (κ1) is 14.8. The minimum absolute atomic E-state index is 0.208. The van der Waals surface area contributed by atoms with E-state index in [0.29, 0.717) is 22.3 Å². The number of aromatic nitrogens is 1. The van der Waals surface area contributed by atoms with Gasteiger partial charge in [0.05, 0.1) is 22.2 Å². The van der Waals surface area contributed by atoms with Gasteiger partial charge in [-0.25, -0.2) is 0 Å². The molecular weight excluding hydrogens is 446 g/mol. The zero-order valence-electron chi connectivity index (χ0n) is 28.2. The van der Waals surface area contributed by atoms with Crippen LogP contribution in [-0.4, -0.2) is 4.57 Å². The maximum absolute atomic E-state index is 9.24. The Hall–Kier alpha value is -4.62. The number of rotatable bonds is 4. The highest BCUT2D eigenvalue weighted by Gasteiger charge is 2.20. The van der Waals surface area contributed by atoms with Crippen LogP contribution in [0.15, 0.2) is 133 Å². The number of benzene rings is 6. The summed E-state index contributed by atoms with van der Waals surface area (Å²) >= 11 is 0. The smallest absolute Gasteiger partial charge is 0.0629 e. The molecule has 0 fully saturated rings. The lowest BCUT2D eigenvalue weighted by molar-refractivity contribution is 0.962. The second-order valence-electron chi connectivity index (χ2n) is 9.02. The Labute approximate surface area is 228 Å². The van der Waals surface area contributed by atoms with Gasteiger partial charge in [-0.1, -0.05) is 122 Å². The normalized spacial score (nSPS) is 14.5. The molecule has 0 saturated heterocycles. The molecule has 0 N–H and O–H groups in total. The van der Waals surface area contributed by atoms with E-state index < -0.39 is 24.2 Å². The van der Waals surface area contributed by atoms with E-state index in [1.54, 1.807) is 24.3 Å². The zero-order valence-corrected chi connectivity index (χ0v) is 20.2. The van der Waals surface area contributed by atoms with Crippen LogP contribution in [0.2, 0.25) is 0 Å². The van der Waals surface area contributed by atoms with Gasteiger partial charge in [-0.15, -0.1) is 0 Å². The van der Waals surface area contributed by atoms with Crippen LogP contribution in [0.3, 0.4) is 0 Å². The Bertz CT molecular complexity index is 2260. The van der Waals surface area contributed by atoms with E-state index in [4.69, 9.17) is 8.22 Å². The number of hydrogen-bond donors (Lipinski definition) is 0. The third kappa shape index (κ3) is 3.39. The maximum atomic E-state index is 9.24. The van der Waals surface area contributed by atoms with Crippen molar-refractivity contribution in [2.24, 2.45) is 0 Å². The summed E-state index contributed by atoms with van der Waals surface area (Å²) in [5.74, 6) is 0. The van der Waals surface area contributed by atoms with Gasteiger partial charge < -0.3 is 4.57 Å². The molecule has 0 aliphatic heterocycles. The van der Waals surface area contributed by atoms with Crippen molar-refractivity contribution < 1.29 is 11.0 Å². The summed E-state index contributed by atoms with van der Waals surface area (Å²) in [6, 6.07) is 24.0. The Morgan fingerprint density at radius 1 is 0.622 bits per heavy atom. The summed E-state index contributed by atoms with van der Waals surface area (Å²) in [4.78, 5) is 0. The summed E-state index contributed by atoms with van der Waals surface area (Å²) < 4.78 is 73.5.